The summed E-state index contributed by atoms with van der Waals surface area (Å²) >= 11 is 0. The minimum atomic E-state index is -0.558. The summed E-state index contributed by atoms with van der Waals surface area (Å²) in [7, 11) is 0. The molecule has 0 saturated carbocycles. The highest BCUT2D eigenvalue weighted by atomic mass is 16.6. The van der Waals surface area contributed by atoms with Gasteiger partial charge in [-0.2, -0.15) is 0 Å². The predicted molar refractivity (Wildman–Crippen MR) is 77.7 cm³/mol. The van der Waals surface area contributed by atoms with Crippen LogP contribution in [0.25, 0.3) is 0 Å². The highest BCUT2D eigenvalue weighted by molar-refractivity contribution is 5.45. The van der Waals surface area contributed by atoms with E-state index in [0.29, 0.717) is 13.2 Å². The molecule has 2 unspecified atom stereocenters. The van der Waals surface area contributed by atoms with Crippen LogP contribution in [0.5, 0.6) is 11.5 Å². The quantitative estimate of drug-likeness (QED) is 0.920. The Balaban J connectivity index is 1.65. The molecule has 0 amide bonds. The summed E-state index contributed by atoms with van der Waals surface area (Å²) in [6.45, 7) is 1.13. The van der Waals surface area contributed by atoms with E-state index < -0.39 is 6.10 Å². The summed E-state index contributed by atoms with van der Waals surface area (Å²) in [5.74, 6) is 1.53. The SMILES string of the molecule is OC(c1ccc2c(c1)OCCO2)C1CCc2cccnc21. The van der Waals surface area contributed by atoms with Gasteiger partial charge in [0.25, 0.3) is 0 Å². The van der Waals surface area contributed by atoms with Gasteiger partial charge in [-0.3, -0.25) is 4.98 Å². The molecule has 2 aliphatic rings. The van der Waals surface area contributed by atoms with E-state index in [-0.39, 0.29) is 5.92 Å². The van der Waals surface area contributed by atoms with Gasteiger partial charge in [0.2, 0.25) is 0 Å². The zero-order valence-electron chi connectivity index (χ0n) is 11.7. The Morgan fingerprint density at radius 1 is 1.14 bits per heavy atom. The lowest BCUT2D eigenvalue weighted by molar-refractivity contribution is 0.140. The first kappa shape index (κ1) is 12.7. The van der Waals surface area contributed by atoms with E-state index in [4.69, 9.17) is 9.47 Å². The van der Waals surface area contributed by atoms with Crippen LogP contribution in [0.4, 0.5) is 0 Å². The zero-order valence-corrected chi connectivity index (χ0v) is 11.7. The third-order valence-electron chi connectivity index (χ3n) is 4.29. The maximum atomic E-state index is 10.7. The molecule has 4 heteroatoms. The number of aryl methyl sites for hydroxylation is 1. The summed E-state index contributed by atoms with van der Waals surface area (Å²) in [6.07, 6.45) is 3.16. The van der Waals surface area contributed by atoms with Crippen LogP contribution >= 0.6 is 0 Å². The number of nitrogens with zero attached hydrogens (tertiary/aromatic N) is 1. The van der Waals surface area contributed by atoms with Gasteiger partial charge in [-0.1, -0.05) is 12.1 Å². The molecule has 0 saturated heterocycles. The van der Waals surface area contributed by atoms with Gasteiger partial charge in [-0.25, -0.2) is 0 Å². The van der Waals surface area contributed by atoms with Crippen molar-refractivity contribution >= 4 is 0 Å². The number of ether oxygens (including phenoxy) is 2. The molecule has 4 rings (SSSR count). The van der Waals surface area contributed by atoms with Crippen molar-refractivity contribution < 1.29 is 14.6 Å². The van der Waals surface area contributed by atoms with Crippen molar-refractivity contribution in [2.24, 2.45) is 0 Å². The van der Waals surface area contributed by atoms with E-state index in [1.54, 1.807) is 6.20 Å². The molecule has 0 bridgehead atoms. The Morgan fingerprint density at radius 2 is 2.00 bits per heavy atom. The average Bonchev–Trinajstić information content (AvgIpc) is 2.98. The zero-order chi connectivity index (χ0) is 14.2. The van der Waals surface area contributed by atoms with Crippen LogP contribution in [-0.2, 0) is 6.42 Å². The maximum Gasteiger partial charge on any atom is 0.161 e. The molecule has 0 spiro atoms. The molecule has 1 aliphatic carbocycles. The molecule has 2 heterocycles. The molecule has 2 aromatic rings. The molecule has 108 valence electrons. The predicted octanol–water partition coefficient (Wildman–Crippen LogP) is 2.62. The normalized spacial score (nSPS) is 20.9. The third kappa shape index (κ3) is 2.16. The fourth-order valence-corrected chi connectivity index (χ4v) is 3.23. The highest BCUT2D eigenvalue weighted by Gasteiger charge is 2.31. The lowest BCUT2D eigenvalue weighted by Gasteiger charge is -2.22. The van der Waals surface area contributed by atoms with Crippen molar-refractivity contribution in [2.45, 2.75) is 24.9 Å². The Morgan fingerprint density at radius 3 is 2.90 bits per heavy atom. The van der Waals surface area contributed by atoms with Crippen LogP contribution < -0.4 is 9.47 Å². The summed E-state index contributed by atoms with van der Waals surface area (Å²) in [5.41, 5.74) is 3.14. The number of rotatable bonds is 2. The van der Waals surface area contributed by atoms with Gasteiger partial charge in [-0.15, -0.1) is 0 Å². The first-order valence-electron chi connectivity index (χ1n) is 7.34. The van der Waals surface area contributed by atoms with Crippen LogP contribution in [0.15, 0.2) is 36.5 Å². The molecule has 4 nitrogen and oxygen atoms in total. The minimum absolute atomic E-state index is 0.0590. The van der Waals surface area contributed by atoms with Crippen molar-refractivity contribution in [1.82, 2.24) is 4.98 Å². The molecule has 2 atom stereocenters. The van der Waals surface area contributed by atoms with E-state index in [1.165, 1.54) is 5.56 Å². The summed E-state index contributed by atoms with van der Waals surface area (Å²) < 4.78 is 11.1. The van der Waals surface area contributed by atoms with Crippen molar-refractivity contribution in [1.29, 1.82) is 0 Å². The van der Waals surface area contributed by atoms with Crippen molar-refractivity contribution in [3.63, 3.8) is 0 Å². The van der Waals surface area contributed by atoms with Crippen molar-refractivity contribution in [3.05, 3.63) is 53.3 Å². The van der Waals surface area contributed by atoms with Gasteiger partial charge in [0.1, 0.15) is 13.2 Å². The lowest BCUT2D eigenvalue weighted by Crippen LogP contribution is -2.16. The second-order valence-corrected chi connectivity index (χ2v) is 5.54. The van der Waals surface area contributed by atoms with Gasteiger partial charge in [0, 0.05) is 17.8 Å². The van der Waals surface area contributed by atoms with Gasteiger partial charge in [0.05, 0.1) is 6.10 Å². The van der Waals surface area contributed by atoms with Gasteiger partial charge in [-0.05, 0) is 42.2 Å². The number of aliphatic hydroxyl groups excluding tert-OH is 1. The number of benzene rings is 1. The van der Waals surface area contributed by atoms with Crippen LogP contribution in [0.3, 0.4) is 0 Å². The largest absolute Gasteiger partial charge is 0.486 e. The van der Waals surface area contributed by atoms with E-state index in [1.807, 2.05) is 24.3 Å². The van der Waals surface area contributed by atoms with E-state index >= 15 is 0 Å². The number of fused-ring (bicyclic) bond motifs is 2. The van der Waals surface area contributed by atoms with Crippen LogP contribution in [0.2, 0.25) is 0 Å². The number of pyridine rings is 1. The molecule has 1 aromatic carbocycles. The minimum Gasteiger partial charge on any atom is -0.486 e. The van der Waals surface area contributed by atoms with Crippen LogP contribution in [0, 0.1) is 0 Å². The lowest BCUT2D eigenvalue weighted by atomic mass is 9.93. The fraction of sp³-hybridized carbons (Fsp3) is 0.353. The summed E-state index contributed by atoms with van der Waals surface area (Å²) in [5, 5.41) is 10.7. The smallest absolute Gasteiger partial charge is 0.161 e. The monoisotopic (exact) mass is 283 g/mol. The Hall–Kier alpha value is -2.07. The molecule has 1 aliphatic heterocycles. The van der Waals surface area contributed by atoms with Crippen molar-refractivity contribution in [2.75, 3.05) is 13.2 Å². The molecule has 0 fully saturated rings. The molecular formula is C17H17NO3. The molecular weight excluding hydrogens is 266 g/mol. The van der Waals surface area contributed by atoms with Gasteiger partial charge >= 0.3 is 0 Å². The summed E-state index contributed by atoms with van der Waals surface area (Å²) in [4.78, 5) is 4.46. The molecule has 1 aromatic heterocycles. The van der Waals surface area contributed by atoms with E-state index in [0.717, 1.165) is 35.6 Å². The topological polar surface area (TPSA) is 51.6 Å². The Kier molecular flexibility index (Phi) is 3.04. The Bertz CT molecular complexity index is 671. The first-order valence-corrected chi connectivity index (χ1v) is 7.34. The molecule has 21 heavy (non-hydrogen) atoms. The average molecular weight is 283 g/mol. The van der Waals surface area contributed by atoms with Crippen LogP contribution in [0.1, 0.15) is 35.3 Å². The number of hydrogen-bond acceptors (Lipinski definition) is 4. The third-order valence-corrected chi connectivity index (χ3v) is 4.29. The molecule has 1 N–H and O–H groups in total. The number of aliphatic hydroxyl groups is 1. The van der Waals surface area contributed by atoms with E-state index in [9.17, 15) is 5.11 Å². The number of hydrogen-bond donors (Lipinski definition) is 1. The van der Waals surface area contributed by atoms with Gasteiger partial charge in [0.15, 0.2) is 11.5 Å². The second kappa shape index (κ2) is 5.04. The summed E-state index contributed by atoms with van der Waals surface area (Å²) in [6, 6.07) is 9.73. The maximum absolute atomic E-state index is 10.7. The fourth-order valence-electron chi connectivity index (χ4n) is 3.23. The number of aromatic nitrogens is 1. The first-order chi connectivity index (χ1) is 10.3. The highest BCUT2D eigenvalue weighted by Crippen LogP contribution is 2.42. The van der Waals surface area contributed by atoms with Crippen molar-refractivity contribution in [3.8, 4) is 11.5 Å². The second-order valence-electron chi connectivity index (χ2n) is 5.54. The van der Waals surface area contributed by atoms with Crippen LogP contribution in [-0.4, -0.2) is 23.3 Å². The van der Waals surface area contributed by atoms with E-state index in [2.05, 4.69) is 11.1 Å². The standard InChI is InChI=1S/C17H17NO3/c19-17(13-5-3-11-2-1-7-18-16(11)13)12-4-6-14-15(10-12)21-9-8-20-14/h1-2,4,6-7,10,13,17,19H,3,5,8-9H2. The Labute approximate surface area is 123 Å². The van der Waals surface area contributed by atoms with Gasteiger partial charge < -0.3 is 14.6 Å². The molecule has 0 radical (unpaired) electrons.